The van der Waals surface area contributed by atoms with Crippen molar-refractivity contribution < 1.29 is 17.4 Å². The number of hydrogen-bond acceptors (Lipinski definition) is 3. The molecule has 6 heteroatoms. The molecule has 1 aromatic rings. The predicted octanol–water partition coefficient (Wildman–Crippen LogP) is 3.66. The lowest BCUT2D eigenvalue weighted by Crippen LogP contribution is -2.03. The summed E-state index contributed by atoms with van der Waals surface area (Å²) in [5, 5.41) is 0. The second-order valence-electron chi connectivity index (χ2n) is 4.47. The van der Waals surface area contributed by atoms with Crippen molar-refractivity contribution in [1.29, 1.82) is 0 Å². The Hall–Kier alpha value is -1.01. The Kier molecular flexibility index (Phi) is 12.3. The Labute approximate surface area is 121 Å². The number of aromatic nitrogens is 1. The van der Waals surface area contributed by atoms with E-state index in [1.165, 1.54) is 0 Å². The lowest BCUT2D eigenvalue weighted by Gasteiger charge is -1.99. The molecule has 1 rings (SSSR count). The van der Waals surface area contributed by atoms with E-state index in [4.69, 9.17) is 4.55 Å². The highest BCUT2D eigenvalue weighted by Gasteiger charge is 2.02. The molecule has 0 fully saturated rings. The summed E-state index contributed by atoms with van der Waals surface area (Å²) in [5.41, 5.74) is 0. The van der Waals surface area contributed by atoms with Gasteiger partial charge >= 0.3 is 0 Å². The number of pyridine rings is 1. The number of hydrogen-bond donors (Lipinski definition) is 1. The molecule has 116 valence electrons. The Bertz CT molecular complexity index is 371. The number of halogens is 1. The average molecular weight is 305 g/mol. The van der Waals surface area contributed by atoms with Crippen LogP contribution in [0.5, 0.6) is 0 Å². The maximum atomic E-state index is 11.7. The molecule has 0 amide bonds. The number of unbranched alkanes of at least 4 members (excludes halogenated alkanes) is 6. The van der Waals surface area contributed by atoms with Gasteiger partial charge in [-0.25, -0.2) is 0 Å². The smallest absolute Gasteiger partial charge is 0.264 e. The van der Waals surface area contributed by atoms with Gasteiger partial charge in [-0.15, -0.1) is 0 Å². The molecule has 0 aliphatic carbocycles. The van der Waals surface area contributed by atoms with Crippen molar-refractivity contribution in [1.82, 2.24) is 4.98 Å². The molecule has 1 aromatic heterocycles. The summed E-state index contributed by atoms with van der Waals surface area (Å²) in [6.07, 6.45) is 9.36. The van der Waals surface area contributed by atoms with Crippen LogP contribution >= 0.6 is 0 Å². The molecule has 0 saturated heterocycles. The van der Waals surface area contributed by atoms with Gasteiger partial charge in [-0.05, 0) is 25.0 Å². The molecule has 0 saturated carbocycles. The normalized spacial score (nSPS) is 10.7. The SMILES string of the molecule is O=S(=O)(O)CCCCCCCCCF.c1ccncc1. The van der Waals surface area contributed by atoms with Crippen molar-refractivity contribution in [2.24, 2.45) is 0 Å². The molecule has 1 heterocycles. The molecule has 0 unspecified atom stereocenters. The molecule has 0 aliphatic rings. The van der Waals surface area contributed by atoms with E-state index in [-0.39, 0.29) is 12.4 Å². The van der Waals surface area contributed by atoms with Crippen molar-refractivity contribution in [2.45, 2.75) is 44.9 Å². The van der Waals surface area contributed by atoms with Gasteiger partial charge in [-0.2, -0.15) is 8.42 Å². The molecule has 4 nitrogen and oxygen atoms in total. The van der Waals surface area contributed by atoms with Crippen molar-refractivity contribution in [3.8, 4) is 0 Å². The van der Waals surface area contributed by atoms with Crippen molar-refractivity contribution in [3.63, 3.8) is 0 Å². The van der Waals surface area contributed by atoms with E-state index in [2.05, 4.69) is 4.98 Å². The van der Waals surface area contributed by atoms with E-state index in [1.807, 2.05) is 18.2 Å². The Morgan fingerprint density at radius 2 is 1.35 bits per heavy atom. The van der Waals surface area contributed by atoms with Crippen molar-refractivity contribution in [2.75, 3.05) is 12.4 Å². The molecule has 1 N–H and O–H groups in total. The molecule has 0 aromatic carbocycles. The van der Waals surface area contributed by atoms with Crippen LogP contribution in [-0.4, -0.2) is 30.4 Å². The molecule has 0 bridgehead atoms. The third-order valence-corrected chi connectivity index (χ3v) is 3.41. The quantitative estimate of drug-likeness (QED) is 0.558. The summed E-state index contributed by atoms with van der Waals surface area (Å²) in [6.45, 7) is -0.247. The van der Waals surface area contributed by atoms with E-state index in [0.717, 1.165) is 32.1 Å². The van der Waals surface area contributed by atoms with Gasteiger partial charge in [0, 0.05) is 12.4 Å². The third kappa shape index (κ3) is 17.0. The molecule has 0 radical (unpaired) electrons. The fourth-order valence-corrected chi connectivity index (χ4v) is 2.14. The van der Waals surface area contributed by atoms with E-state index >= 15 is 0 Å². The van der Waals surface area contributed by atoms with E-state index in [1.54, 1.807) is 12.4 Å². The van der Waals surface area contributed by atoms with Gasteiger partial charge < -0.3 is 0 Å². The minimum absolute atomic E-state index is 0.141. The first kappa shape index (κ1) is 19.0. The molecule has 20 heavy (non-hydrogen) atoms. The van der Waals surface area contributed by atoms with E-state index in [9.17, 15) is 12.8 Å². The highest BCUT2D eigenvalue weighted by atomic mass is 32.2. The zero-order chi connectivity index (χ0) is 15.1. The number of alkyl halides is 1. The molecular formula is C14H24FNO3S. The summed E-state index contributed by atoms with van der Waals surface area (Å²) in [4.78, 5) is 3.78. The highest BCUT2D eigenvalue weighted by molar-refractivity contribution is 7.85. The van der Waals surface area contributed by atoms with Gasteiger partial charge in [0.2, 0.25) is 0 Å². The van der Waals surface area contributed by atoms with Gasteiger partial charge in [-0.3, -0.25) is 13.9 Å². The van der Waals surface area contributed by atoms with E-state index < -0.39 is 10.1 Å². The highest BCUT2D eigenvalue weighted by Crippen LogP contribution is 2.07. The minimum atomic E-state index is -3.78. The Morgan fingerprint density at radius 1 is 0.850 bits per heavy atom. The average Bonchev–Trinajstić information content (AvgIpc) is 2.43. The molecular weight excluding hydrogens is 281 g/mol. The second kappa shape index (κ2) is 13.0. The summed E-state index contributed by atoms with van der Waals surface area (Å²) >= 11 is 0. The lowest BCUT2D eigenvalue weighted by molar-refractivity contribution is 0.449. The maximum Gasteiger partial charge on any atom is 0.264 e. The standard InChI is InChI=1S/C9H19FO3S.C5H5N/c10-8-6-4-2-1-3-5-7-9-14(11,12)13;1-2-4-6-5-3-1/h1-9H2,(H,11,12,13);1-5H. The third-order valence-electron chi connectivity index (χ3n) is 2.60. The first-order valence-corrected chi connectivity index (χ1v) is 8.53. The lowest BCUT2D eigenvalue weighted by atomic mass is 10.1. The predicted molar refractivity (Wildman–Crippen MR) is 78.9 cm³/mol. The van der Waals surface area contributed by atoms with Crippen LogP contribution in [0.3, 0.4) is 0 Å². The van der Waals surface area contributed by atoms with E-state index in [0.29, 0.717) is 12.8 Å². The van der Waals surface area contributed by atoms with Crippen molar-refractivity contribution in [3.05, 3.63) is 30.6 Å². The minimum Gasteiger partial charge on any atom is -0.286 e. The number of rotatable bonds is 9. The zero-order valence-electron chi connectivity index (χ0n) is 11.7. The van der Waals surface area contributed by atoms with Crippen LogP contribution < -0.4 is 0 Å². The Morgan fingerprint density at radius 3 is 1.70 bits per heavy atom. The molecule has 0 aliphatic heterocycles. The monoisotopic (exact) mass is 305 g/mol. The summed E-state index contributed by atoms with van der Waals surface area (Å²) in [6, 6.07) is 5.72. The van der Waals surface area contributed by atoms with Gasteiger partial charge in [0.15, 0.2) is 0 Å². The molecule has 0 spiro atoms. The largest absolute Gasteiger partial charge is 0.286 e. The zero-order valence-corrected chi connectivity index (χ0v) is 12.6. The summed E-state index contributed by atoms with van der Waals surface area (Å²) < 4.78 is 40.7. The fraction of sp³-hybridized carbons (Fsp3) is 0.643. The van der Waals surface area contributed by atoms with Crippen LogP contribution in [-0.2, 0) is 10.1 Å². The molecule has 0 atom stereocenters. The van der Waals surface area contributed by atoms with Crippen LogP contribution in [0.2, 0.25) is 0 Å². The summed E-state index contributed by atoms with van der Waals surface area (Å²) in [7, 11) is -3.78. The van der Waals surface area contributed by atoms with Crippen LogP contribution in [0.15, 0.2) is 30.6 Å². The summed E-state index contributed by atoms with van der Waals surface area (Å²) in [5.74, 6) is -0.141. The van der Waals surface area contributed by atoms with Crippen LogP contribution in [0, 0.1) is 0 Å². The fourth-order valence-electron chi connectivity index (χ4n) is 1.58. The second-order valence-corrected chi connectivity index (χ2v) is 6.05. The van der Waals surface area contributed by atoms with Crippen LogP contribution in [0.25, 0.3) is 0 Å². The van der Waals surface area contributed by atoms with Crippen molar-refractivity contribution >= 4 is 10.1 Å². The van der Waals surface area contributed by atoms with Gasteiger partial charge in [0.25, 0.3) is 10.1 Å². The van der Waals surface area contributed by atoms with Gasteiger partial charge in [0.05, 0.1) is 12.4 Å². The first-order valence-electron chi connectivity index (χ1n) is 6.92. The van der Waals surface area contributed by atoms with Crippen LogP contribution in [0.1, 0.15) is 44.9 Å². The first-order chi connectivity index (χ1) is 9.56. The van der Waals surface area contributed by atoms with Gasteiger partial charge in [-0.1, -0.05) is 38.2 Å². The topological polar surface area (TPSA) is 67.3 Å². The Balaban J connectivity index is 0.000000493. The van der Waals surface area contributed by atoms with Gasteiger partial charge in [0.1, 0.15) is 0 Å². The number of nitrogens with zero attached hydrogens (tertiary/aromatic N) is 1. The maximum absolute atomic E-state index is 11.7. The van der Waals surface area contributed by atoms with Crippen LogP contribution in [0.4, 0.5) is 4.39 Å².